The Morgan fingerprint density at radius 1 is 1.60 bits per heavy atom. The topological polar surface area (TPSA) is 83.1 Å². The number of pyridine rings is 1. The van der Waals surface area contributed by atoms with E-state index in [9.17, 15) is 14.0 Å². The maximum absolute atomic E-state index is 13.3. The molecule has 0 bridgehead atoms. The second-order valence-corrected chi connectivity index (χ2v) is 4.66. The van der Waals surface area contributed by atoms with E-state index in [2.05, 4.69) is 20.9 Å². The molecule has 1 fully saturated rings. The molecule has 1 aliphatic rings. The zero-order chi connectivity index (χ0) is 14.5. The fraction of sp³-hybridized carbons (Fsp3) is 0.462. The molecule has 1 aromatic rings. The third-order valence-electron chi connectivity index (χ3n) is 2.95. The molecule has 0 aromatic carbocycles. The van der Waals surface area contributed by atoms with Gasteiger partial charge >= 0.3 is 0 Å². The molecule has 2 amide bonds. The highest BCUT2D eigenvalue weighted by Crippen LogP contribution is 2.14. The Hall–Kier alpha value is -2.18. The van der Waals surface area contributed by atoms with Crippen molar-refractivity contribution >= 4 is 17.6 Å². The minimum Gasteiger partial charge on any atom is -0.369 e. The molecule has 108 valence electrons. The Balaban J connectivity index is 2.10. The monoisotopic (exact) mass is 280 g/mol. The Labute approximate surface area is 116 Å². The van der Waals surface area contributed by atoms with Crippen molar-refractivity contribution in [1.29, 1.82) is 0 Å². The van der Waals surface area contributed by atoms with Crippen LogP contribution in [0.15, 0.2) is 12.3 Å². The SMILES string of the molecule is CCCNc1ncc(F)cc1C(=O)NC1CNC(=O)C1. The van der Waals surface area contributed by atoms with Crippen LogP contribution in [0.3, 0.4) is 0 Å². The number of carbonyl (C=O) groups is 2. The molecule has 0 saturated carbocycles. The van der Waals surface area contributed by atoms with Gasteiger partial charge in [0.25, 0.3) is 5.91 Å². The lowest BCUT2D eigenvalue weighted by molar-refractivity contribution is -0.119. The number of hydrogen-bond donors (Lipinski definition) is 3. The average Bonchev–Trinajstić information content (AvgIpc) is 2.82. The second kappa shape index (κ2) is 6.31. The highest BCUT2D eigenvalue weighted by molar-refractivity contribution is 5.99. The number of halogens is 1. The maximum atomic E-state index is 13.3. The second-order valence-electron chi connectivity index (χ2n) is 4.66. The van der Waals surface area contributed by atoms with E-state index in [4.69, 9.17) is 0 Å². The first-order chi connectivity index (χ1) is 9.60. The zero-order valence-corrected chi connectivity index (χ0v) is 11.2. The van der Waals surface area contributed by atoms with Crippen LogP contribution in [0.1, 0.15) is 30.1 Å². The third kappa shape index (κ3) is 3.43. The Morgan fingerprint density at radius 2 is 2.40 bits per heavy atom. The first-order valence-electron chi connectivity index (χ1n) is 6.57. The van der Waals surface area contributed by atoms with Crippen molar-refractivity contribution in [1.82, 2.24) is 15.6 Å². The van der Waals surface area contributed by atoms with Crippen LogP contribution in [0.25, 0.3) is 0 Å². The highest BCUT2D eigenvalue weighted by Gasteiger charge is 2.24. The first-order valence-corrected chi connectivity index (χ1v) is 6.57. The molecule has 7 heteroatoms. The van der Waals surface area contributed by atoms with Crippen LogP contribution < -0.4 is 16.0 Å². The molecule has 1 atom stereocenters. The summed E-state index contributed by atoms with van der Waals surface area (Å²) in [6.07, 6.45) is 2.17. The predicted octanol–water partition coefficient (Wildman–Crippen LogP) is 0.661. The summed E-state index contributed by atoms with van der Waals surface area (Å²) in [6.45, 7) is 3.01. The number of carbonyl (C=O) groups excluding carboxylic acids is 2. The highest BCUT2D eigenvalue weighted by atomic mass is 19.1. The van der Waals surface area contributed by atoms with Gasteiger partial charge in [0.2, 0.25) is 5.91 Å². The van der Waals surface area contributed by atoms with Crippen molar-refractivity contribution in [2.75, 3.05) is 18.4 Å². The summed E-state index contributed by atoms with van der Waals surface area (Å²) in [5, 5.41) is 8.31. The molecule has 2 heterocycles. The quantitative estimate of drug-likeness (QED) is 0.740. The summed E-state index contributed by atoms with van der Waals surface area (Å²) in [6, 6.07) is 0.877. The molecule has 1 aliphatic heterocycles. The minimum atomic E-state index is -0.571. The van der Waals surface area contributed by atoms with Crippen LogP contribution >= 0.6 is 0 Å². The molecular formula is C13H17FN4O2. The number of hydrogen-bond acceptors (Lipinski definition) is 4. The Bertz CT molecular complexity index is 521. The number of aromatic nitrogens is 1. The zero-order valence-electron chi connectivity index (χ0n) is 11.2. The molecular weight excluding hydrogens is 263 g/mol. The predicted molar refractivity (Wildman–Crippen MR) is 71.9 cm³/mol. The van der Waals surface area contributed by atoms with Crippen LogP contribution in [-0.4, -0.2) is 35.9 Å². The summed E-state index contributed by atoms with van der Waals surface area (Å²) >= 11 is 0. The normalized spacial score (nSPS) is 17.7. The lowest BCUT2D eigenvalue weighted by Crippen LogP contribution is -2.36. The smallest absolute Gasteiger partial charge is 0.255 e. The Morgan fingerprint density at radius 3 is 3.05 bits per heavy atom. The molecule has 0 aliphatic carbocycles. The summed E-state index contributed by atoms with van der Waals surface area (Å²) in [7, 11) is 0. The van der Waals surface area contributed by atoms with Crippen molar-refractivity contribution in [3.8, 4) is 0 Å². The lowest BCUT2D eigenvalue weighted by Gasteiger charge is -2.13. The summed E-state index contributed by atoms with van der Waals surface area (Å²) in [4.78, 5) is 27.1. The fourth-order valence-electron chi connectivity index (χ4n) is 1.97. The molecule has 1 aromatic heterocycles. The number of rotatable bonds is 5. The van der Waals surface area contributed by atoms with Crippen molar-refractivity contribution < 1.29 is 14.0 Å². The summed E-state index contributed by atoms with van der Waals surface area (Å²) in [5.74, 6) is -0.755. The van der Waals surface area contributed by atoms with E-state index in [0.717, 1.165) is 18.7 Å². The van der Waals surface area contributed by atoms with Gasteiger partial charge in [0.05, 0.1) is 17.8 Å². The minimum absolute atomic E-state index is 0.100. The van der Waals surface area contributed by atoms with Crippen LogP contribution in [0.2, 0.25) is 0 Å². The van der Waals surface area contributed by atoms with E-state index in [0.29, 0.717) is 18.9 Å². The maximum Gasteiger partial charge on any atom is 0.255 e. The van der Waals surface area contributed by atoms with E-state index in [1.807, 2.05) is 6.92 Å². The summed E-state index contributed by atoms with van der Waals surface area (Å²) < 4.78 is 13.3. The van der Waals surface area contributed by atoms with Crippen molar-refractivity contribution in [2.24, 2.45) is 0 Å². The largest absolute Gasteiger partial charge is 0.369 e. The van der Waals surface area contributed by atoms with Crippen LogP contribution in [0.4, 0.5) is 10.2 Å². The molecule has 0 spiro atoms. The van der Waals surface area contributed by atoms with E-state index in [1.165, 1.54) is 0 Å². The number of amides is 2. The van der Waals surface area contributed by atoms with E-state index in [-0.39, 0.29) is 23.9 Å². The van der Waals surface area contributed by atoms with Crippen LogP contribution in [0, 0.1) is 5.82 Å². The van der Waals surface area contributed by atoms with Crippen LogP contribution in [0.5, 0.6) is 0 Å². The van der Waals surface area contributed by atoms with E-state index in [1.54, 1.807) is 0 Å². The van der Waals surface area contributed by atoms with Gasteiger partial charge in [0.15, 0.2) is 0 Å². The molecule has 2 rings (SSSR count). The van der Waals surface area contributed by atoms with Crippen molar-refractivity contribution in [3.05, 3.63) is 23.6 Å². The molecule has 6 nitrogen and oxygen atoms in total. The van der Waals surface area contributed by atoms with Gasteiger partial charge in [-0.05, 0) is 12.5 Å². The van der Waals surface area contributed by atoms with Gasteiger partial charge in [-0.15, -0.1) is 0 Å². The van der Waals surface area contributed by atoms with Gasteiger partial charge in [-0.25, -0.2) is 9.37 Å². The van der Waals surface area contributed by atoms with Gasteiger partial charge in [0.1, 0.15) is 11.6 Å². The average molecular weight is 280 g/mol. The van der Waals surface area contributed by atoms with Gasteiger partial charge in [-0.2, -0.15) is 0 Å². The Kier molecular flexibility index (Phi) is 4.49. The van der Waals surface area contributed by atoms with Gasteiger partial charge < -0.3 is 16.0 Å². The van der Waals surface area contributed by atoms with Gasteiger partial charge in [-0.1, -0.05) is 6.92 Å². The number of nitrogens with zero attached hydrogens (tertiary/aromatic N) is 1. The first kappa shape index (κ1) is 14.2. The molecule has 1 unspecified atom stereocenters. The molecule has 3 N–H and O–H groups in total. The lowest BCUT2D eigenvalue weighted by atomic mass is 10.2. The van der Waals surface area contributed by atoms with Crippen molar-refractivity contribution in [2.45, 2.75) is 25.8 Å². The van der Waals surface area contributed by atoms with Crippen LogP contribution in [-0.2, 0) is 4.79 Å². The van der Waals surface area contributed by atoms with E-state index >= 15 is 0 Å². The van der Waals surface area contributed by atoms with Gasteiger partial charge in [-0.3, -0.25) is 9.59 Å². The standard InChI is InChI=1S/C13H17FN4O2/c1-2-3-15-12-10(4-8(14)6-17-12)13(20)18-9-5-11(19)16-7-9/h4,6,9H,2-3,5,7H2,1H3,(H,15,17)(H,16,19)(H,18,20). The molecule has 20 heavy (non-hydrogen) atoms. The van der Waals surface area contributed by atoms with Crippen molar-refractivity contribution in [3.63, 3.8) is 0 Å². The van der Waals surface area contributed by atoms with E-state index < -0.39 is 11.7 Å². The summed E-state index contributed by atoms with van der Waals surface area (Å²) in [5.41, 5.74) is 0.151. The number of nitrogens with one attached hydrogen (secondary N) is 3. The van der Waals surface area contributed by atoms with Gasteiger partial charge in [0, 0.05) is 19.5 Å². The third-order valence-corrected chi connectivity index (χ3v) is 2.95. The number of anilines is 1. The fourth-order valence-corrected chi connectivity index (χ4v) is 1.97. The molecule has 1 saturated heterocycles. The molecule has 0 radical (unpaired) electrons.